The molecule has 0 spiro atoms. The summed E-state index contributed by atoms with van der Waals surface area (Å²) in [7, 11) is 0. The first kappa shape index (κ1) is 12.8. The van der Waals surface area contributed by atoms with E-state index in [-0.39, 0.29) is 11.8 Å². The molecule has 2 rings (SSSR count). The molecule has 1 aliphatic rings. The highest BCUT2D eigenvalue weighted by Gasteiger charge is 2.24. The molecule has 1 aliphatic heterocycles. The molecule has 1 fully saturated rings. The number of hydrogen-bond acceptors (Lipinski definition) is 5. The van der Waals surface area contributed by atoms with Gasteiger partial charge in [0, 0.05) is 24.8 Å². The maximum Gasteiger partial charge on any atom is 0.221 e. The van der Waals surface area contributed by atoms with Gasteiger partial charge in [-0.2, -0.15) is 0 Å². The van der Waals surface area contributed by atoms with E-state index in [9.17, 15) is 4.79 Å². The summed E-state index contributed by atoms with van der Waals surface area (Å²) in [6, 6.07) is 3.86. The Bertz CT molecular complexity index is 423. The molecule has 18 heavy (non-hydrogen) atoms. The lowest BCUT2D eigenvalue weighted by Crippen LogP contribution is -2.40. The van der Waals surface area contributed by atoms with Crippen molar-refractivity contribution in [3.63, 3.8) is 0 Å². The summed E-state index contributed by atoms with van der Waals surface area (Å²) in [6.45, 7) is 2.42. The summed E-state index contributed by atoms with van der Waals surface area (Å²) in [4.78, 5) is 17.6. The Labute approximate surface area is 106 Å². The summed E-state index contributed by atoms with van der Waals surface area (Å²) in [6.07, 6.45) is 3.58. The topological polar surface area (TPSA) is 97.3 Å². The fourth-order valence-corrected chi connectivity index (χ4v) is 2.37. The van der Waals surface area contributed by atoms with Crippen LogP contribution >= 0.6 is 0 Å². The molecule has 6 nitrogen and oxygen atoms in total. The smallest absolute Gasteiger partial charge is 0.221 e. The number of anilines is 1. The first-order valence-electron chi connectivity index (χ1n) is 6.13. The van der Waals surface area contributed by atoms with E-state index in [4.69, 9.17) is 11.6 Å². The van der Waals surface area contributed by atoms with Crippen molar-refractivity contribution in [3.8, 4) is 0 Å². The molecule has 0 aliphatic carbocycles. The summed E-state index contributed by atoms with van der Waals surface area (Å²) >= 11 is 0. The van der Waals surface area contributed by atoms with Crippen molar-refractivity contribution in [2.75, 3.05) is 18.5 Å². The molecule has 0 aromatic carbocycles. The van der Waals surface area contributed by atoms with Gasteiger partial charge in [0.05, 0.1) is 5.92 Å². The molecule has 0 bridgehead atoms. The van der Waals surface area contributed by atoms with Gasteiger partial charge >= 0.3 is 0 Å². The largest absolute Gasteiger partial charge is 0.369 e. The molecule has 1 unspecified atom stereocenters. The number of carbonyl (C=O) groups is 1. The minimum absolute atomic E-state index is 0.0373. The van der Waals surface area contributed by atoms with Crippen LogP contribution in [0.25, 0.3) is 0 Å². The average molecular weight is 249 g/mol. The van der Waals surface area contributed by atoms with Gasteiger partial charge in [0.25, 0.3) is 0 Å². The number of likely N-dealkylation sites (tertiary alicyclic amines) is 1. The molecule has 1 atom stereocenters. The second kappa shape index (κ2) is 5.79. The number of rotatable bonds is 4. The summed E-state index contributed by atoms with van der Waals surface area (Å²) in [5.74, 6) is 5.86. The van der Waals surface area contributed by atoms with Crippen LogP contribution in [-0.2, 0) is 11.3 Å². The lowest BCUT2D eigenvalue weighted by molar-refractivity contribution is -0.123. The molecule has 1 aromatic rings. The van der Waals surface area contributed by atoms with Crippen LogP contribution in [0.4, 0.5) is 5.82 Å². The highest BCUT2D eigenvalue weighted by Crippen LogP contribution is 2.20. The molecule has 1 aromatic heterocycles. The Kier molecular flexibility index (Phi) is 4.11. The Morgan fingerprint density at radius 2 is 2.44 bits per heavy atom. The fourth-order valence-electron chi connectivity index (χ4n) is 2.37. The number of pyridine rings is 1. The van der Waals surface area contributed by atoms with Gasteiger partial charge in [-0.15, -0.1) is 0 Å². The number of amides is 1. The zero-order valence-electron chi connectivity index (χ0n) is 10.3. The van der Waals surface area contributed by atoms with Crippen LogP contribution < -0.4 is 17.0 Å². The SMILES string of the molecule is NNc1ncccc1CN1CCCC(C(N)=O)C1. The van der Waals surface area contributed by atoms with Crippen molar-refractivity contribution in [1.82, 2.24) is 9.88 Å². The van der Waals surface area contributed by atoms with Gasteiger partial charge in [-0.05, 0) is 25.5 Å². The van der Waals surface area contributed by atoms with E-state index in [2.05, 4.69) is 15.3 Å². The Morgan fingerprint density at radius 1 is 1.61 bits per heavy atom. The monoisotopic (exact) mass is 249 g/mol. The van der Waals surface area contributed by atoms with Crippen molar-refractivity contribution < 1.29 is 4.79 Å². The molecule has 1 saturated heterocycles. The first-order chi connectivity index (χ1) is 8.70. The highest BCUT2D eigenvalue weighted by molar-refractivity contribution is 5.76. The highest BCUT2D eigenvalue weighted by atomic mass is 16.1. The minimum Gasteiger partial charge on any atom is -0.369 e. The van der Waals surface area contributed by atoms with Crippen molar-refractivity contribution in [1.29, 1.82) is 0 Å². The second-order valence-electron chi connectivity index (χ2n) is 4.63. The number of nitrogen functional groups attached to an aromatic ring is 1. The predicted molar refractivity (Wildman–Crippen MR) is 69.2 cm³/mol. The van der Waals surface area contributed by atoms with E-state index in [1.54, 1.807) is 6.20 Å². The number of nitrogens with one attached hydrogen (secondary N) is 1. The van der Waals surface area contributed by atoms with E-state index in [0.29, 0.717) is 12.4 Å². The number of hydrazine groups is 1. The molecule has 1 amide bonds. The lowest BCUT2D eigenvalue weighted by atomic mass is 9.97. The van der Waals surface area contributed by atoms with Crippen LogP contribution in [0.5, 0.6) is 0 Å². The summed E-state index contributed by atoms with van der Waals surface area (Å²) < 4.78 is 0. The molecule has 6 heteroatoms. The van der Waals surface area contributed by atoms with E-state index in [0.717, 1.165) is 31.5 Å². The fraction of sp³-hybridized carbons (Fsp3) is 0.500. The van der Waals surface area contributed by atoms with Crippen molar-refractivity contribution in [2.45, 2.75) is 19.4 Å². The number of primary amides is 1. The van der Waals surface area contributed by atoms with Crippen LogP contribution in [0.2, 0.25) is 0 Å². The molecule has 0 radical (unpaired) electrons. The number of nitrogens with zero attached hydrogens (tertiary/aromatic N) is 2. The van der Waals surface area contributed by atoms with Gasteiger partial charge in [-0.25, -0.2) is 10.8 Å². The molecular weight excluding hydrogens is 230 g/mol. The number of hydrogen-bond donors (Lipinski definition) is 3. The minimum atomic E-state index is -0.205. The lowest BCUT2D eigenvalue weighted by Gasteiger charge is -2.31. The van der Waals surface area contributed by atoms with E-state index < -0.39 is 0 Å². The van der Waals surface area contributed by atoms with Crippen LogP contribution in [-0.4, -0.2) is 28.9 Å². The number of aromatic nitrogens is 1. The van der Waals surface area contributed by atoms with Crippen molar-refractivity contribution >= 4 is 11.7 Å². The molecule has 0 saturated carbocycles. The molecule has 98 valence electrons. The van der Waals surface area contributed by atoms with Gasteiger partial charge < -0.3 is 11.2 Å². The zero-order valence-corrected chi connectivity index (χ0v) is 10.3. The van der Waals surface area contributed by atoms with Crippen LogP contribution in [0, 0.1) is 5.92 Å². The van der Waals surface area contributed by atoms with Crippen molar-refractivity contribution in [3.05, 3.63) is 23.9 Å². The van der Waals surface area contributed by atoms with Gasteiger partial charge in [-0.3, -0.25) is 9.69 Å². The quantitative estimate of drug-likeness (QED) is 0.518. The molecular formula is C12H19N5O. The number of nitrogens with two attached hydrogens (primary N) is 2. The standard InChI is InChI=1S/C12H19N5O/c13-11(18)9-4-2-6-17(7-9)8-10-3-1-5-15-12(10)16-14/h1,3,5,9H,2,4,6-8,14H2,(H2,13,18)(H,15,16). The number of piperidine rings is 1. The van der Waals surface area contributed by atoms with Crippen LogP contribution in [0.15, 0.2) is 18.3 Å². The first-order valence-corrected chi connectivity index (χ1v) is 6.13. The predicted octanol–water partition coefficient (Wildman–Crippen LogP) is 0.0645. The maximum absolute atomic E-state index is 11.2. The molecule has 5 N–H and O–H groups in total. The summed E-state index contributed by atoms with van der Waals surface area (Å²) in [5.41, 5.74) is 8.99. The third kappa shape index (κ3) is 2.96. The third-order valence-electron chi connectivity index (χ3n) is 3.33. The van der Waals surface area contributed by atoms with Crippen molar-refractivity contribution in [2.24, 2.45) is 17.5 Å². The Morgan fingerprint density at radius 3 is 3.17 bits per heavy atom. The third-order valence-corrected chi connectivity index (χ3v) is 3.33. The van der Waals surface area contributed by atoms with Gasteiger partial charge in [0.15, 0.2) is 0 Å². The van der Waals surface area contributed by atoms with E-state index in [1.165, 1.54) is 0 Å². The average Bonchev–Trinajstić information content (AvgIpc) is 2.39. The summed E-state index contributed by atoms with van der Waals surface area (Å²) in [5, 5.41) is 0. The van der Waals surface area contributed by atoms with Crippen LogP contribution in [0.3, 0.4) is 0 Å². The van der Waals surface area contributed by atoms with E-state index >= 15 is 0 Å². The molecule has 2 heterocycles. The van der Waals surface area contributed by atoms with Gasteiger partial charge in [0.2, 0.25) is 5.91 Å². The normalized spacial score (nSPS) is 20.6. The second-order valence-corrected chi connectivity index (χ2v) is 4.63. The van der Waals surface area contributed by atoms with Crippen LogP contribution in [0.1, 0.15) is 18.4 Å². The Balaban J connectivity index is 2.02. The Hall–Kier alpha value is -1.66. The number of carbonyl (C=O) groups excluding carboxylic acids is 1. The zero-order chi connectivity index (χ0) is 13.0. The van der Waals surface area contributed by atoms with E-state index in [1.807, 2.05) is 12.1 Å². The maximum atomic E-state index is 11.2. The van der Waals surface area contributed by atoms with Gasteiger partial charge in [0.1, 0.15) is 5.82 Å². The van der Waals surface area contributed by atoms with Gasteiger partial charge in [-0.1, -0.05) is 6.07 Å².